The van der Waals surface area contributed by atoms with Crippen LogP contribution in [0.15, 0.2) is 36.9 Å². The number of urea groups is 1. The van der Waals surface area contributed by atoms with Gasteiger partial charge in [-0.05, 0) is 50.3 Å². The molecular formula is C22H30N6O2. The number of aromatic nitrogens is 3. The van der Waals surface area contributed by atoms with E-state index in [4.69, 9.17) is 0 Å². The van der Waals surface area contributed by atoms with Crippen LogP contribution in [0, 0.1) is 5.92 Å². The highest BCUT2D eigenvalue weighted by Gasteiger charge is 2.33. The smallest absolute Gasteiger partial charge is 0.320 e. The van der Waals surface area contributed by atoms with E-state index in [9.17, 15) is 9.59 Å². The number of amides is 3. The number of likely N-dealkylation sites (tertiary alicyclic amines) is 2. The molecule has 0 saturated carbocycles. The molecule has 1 aromatic carbocycles. The predicted octanol–water partition coefficient (Wildman–Crippen LogP) is 2.71. The second-order valence-corrected chi connectivity index (χ2v) is 8.32. The molecule has 0 N–H and O–H groups in total. The van der Waals surface area contributed by atoms with Gasteiger partial charge in [0.2, 0.25) is 5.91 Å². The van der Waals surface area contributed by atoms with Crippen LogP contribution in [0.3, 0.4) is 0 Å². The van der Waals surface area contributed by atoms with E-state index < -0.39 is 0 Å². The van der Waals surface area contributed by atoms with Crippen LogP contribution >= 0.6 is 0 Å². The Morgan fingerprint density at radius 1 is 1.07 bits per heavy atom. The summed E-state index contributed by atoms with van der Waals surface area (Å²) in [5.41, 5.74) is 2.00. The van der Waals surface area contributed by atoms with Gasteiger partial charge >= 0.3 is 6.03 Å². The maximum Gasteiger partial charge on any atom is 0.320 e. The Labute approximate surface area is 177 Å². The van der Waals surface area contributed by atoms with Crippen molar-refractivity contribution < 1.29 is 9.59 Å². The zero-order valence-electron chi connectivity index (χ0n) is 17.8. The fourth-order valence-electron chi connectivity index (χ4n) is 4.41. The van der Waals surface area contributed by atoms with Gasteiger partial charge in [-0.25, -0.2) is 14.5 Å². The number of carbonyl (C=O) groups excluding carboxylic acids is 2. The molecule has 3 heterocycles. The topological polar surface area (TPSA) is 74.6 Å². The Hall–Kier alpha value is -2.90. The van der Waals surface area contributed by atoms with Crippen LogP contribution in [0.1, 0.15) is 44.2 Å². The number of piperidine rings is 1. The van der Waals surface area contributed by atoms with Crippen molar-refractivity contribution in [3.05, 3.63) is 42.5 Å². The number of carbonyl (C=O) groups is 2. The minimum absolute atomic E-state index is 0.0491. The summed E-state index contributed by atoms with van der Waals surface area (Å²) in [5.74, 6) is -0.0195. The lowest BCUT2D eigenvalue weighted by Gasteiger charge is -2.37. The van der Waals surface area contributed by atoms with Gasteiger partial charge in [-0.1, -0.05) is 12.1 Å². The first-order valence-corrected chi connectivity index (χ1v) is 10.8. The van der Waals surface area contributed by atoms with Crippen molar-refractivity contribution in [3.8, 4) is 5.69 Å². The second kappa shape index (κ2) is 8.85. The predicted molar refractivity (Wildman–Crippen MR) is 113 cm³/mol. The van der Waals surface area contributed by atoms with Crippen LogP contribution in [-0.4, -0.2) is 74.6 Å². The van der Waals surface area contributed by atoms with Crippen molar-refractivity contribution in [2.24, 2.45) is 5.92 Å². The summed E-state index contributed by atoms with van der Waals surface area (Å²) < 4.78 is 1.71. The first-order chi connectivity index (χ1) is 14.5. The Balaban J connectivity index is 1.39. The van der Waals surface area contributed by atoms with Crippen molar-refractivity contribution in [3.63, 3.8) is 0 Å². The average molecular weight is 411 g/mol. The Kier molecular flexibility index (Phi) is 6.01. The molecule has 160 valence electrons. The van der Waals surface area contributed by atoms with Crippen molar-refractivity contribution in [1.29, 1.82) is 0 Å². The van der Waals surface area contributed by atoms with Gasteiger partial charge in [0, 0.05) is 33.2 Å². The normalized spacial score (nSPS) is 20.3. The molecule has 3 amide bonds. The standard InChI is InChI=1S/C22H30N6O2/c1-17(18-7-9-20(10-8-18)28-16-23-15-24-28)25(2)21(29)19-6-5-13-27(14-19)22(30)26-11-3-4-12-26/h7-10,15-17,19H,3-6,11-14H2,1-2H3/t17-,19-/m0/s1. The van der Waals surface area contributed by atoms with Crippen LogP contribution in [-0.2, 0) is 4.79 Å². The highest BCUT2D eigenvalue weighted by molar-refractivity contribution is 5.81. The summed E-state index contributed by atoms with van der Waals surface area (Å²) in [6.07, 6.45) is 7.04. The molecule has 0 radical (unpaired) electrons. The summed E-state index contributed by atoms with van der Waals surface area (Å²) in [4.78, 5) is 35.5. The fraction of sp³-hybridized carbons (Fsp3) is 0.545. The molecule has 0 aliphatic carbocycles. The largest absolute Gasteiger partial charge is 0.339 e. The van der Waals surface area contributed by atoms with Gasteiger partial charge in [-0.2, -0.15) is 5.10 Å². The molecule has 2 aliphatic rings. The minimum Gasteiger partial charge on any atom is -0.339 e. The van der Waals surface area contributed by atoms with Gasteiger partial charge in [0.05, 0.1) is 17.6 Å². The van der Waals surface area contributed by atoms with Gasteiger partial charge in [0.15, 0.2) is 0 Å². The first kappa shape index (κ1) is 20.4. The van der Waals surface area contributed by atoms with E-state index in [1.54, 1.807) is 11.0 Å². The quantitative estimate of drug-likeness (QED) is 0.777. The van der Waals surface area contributed by atoms with E-state index in [1.807, 2.05) is 52.9 Å². The molecule has 0 spiro atoms. The molecule has 8 nitrogen and oxygen atoms in total. The maximum absolute atomic E-state index is 13.2. The summed E-state index contributed by atoms with van der Waals surface area (Å²) in [5, 5.41) is 4.14. The first-order valence-electron chi connectivity index (χ1n) is 10.8. The van der Waals surface area contributed by atoms with Crippen LogP contribution in [0.5, 0.6) is 0 Å². The molecule has 30 heavy (non-hydrogen) atoms. The fourth-order valence-corrected chi connectivity index (χ4v) is 4.41. The van der Waals surface area contributed by atoms with Gasteiger partial charge in [0.1, 0.15) is 12.7 Å². The van der Waals surface area contributed by atoms with E-state index in [0.717, 1.165) is 56.6 Å². The lowest BCUT2D eigenvalue weighted by atomic mass is 9.95. The highest BCUT2D eigenvalue weighted by atomic mass is 16.2. The van der Waals surface area contributed by atoms with Gasteiger partial charge in [0.25, 0.3) is 0 Å². The molecular weight excluding hydrogens is 380 g/mol. The summed E-state index contributed by atoms with van der Waals surface area (Å²) in [6, 6.07) is 8.06. The monoisotopic (exact) mass is 410 g/mol. The molecule has 2 saturated heterocycles. The Bertz CT molecular complexity index is 860. The lowest BCUT2D eigenvalue weighted by Crippen LogP contribution is -2.50. The zero-order valence-corrected chi connectivity index (χ0v) is 17.8. The Morgan fingerprint density at radius 2 is 1.77 bits per heavy atom. The lowest BCUT2D eigenvalue weighted by molar-refractivity contribution is -0.137. The number of hydrogen-bond acceptors (Lipinski definition) is 4. The number of hydrogen-bond donors (Lipinski definition) is 0. The third kappa shape index (κ3) is 4.17. The van der Waals surface area contributed by atoms with Crippen LogP contribution in [0.25, 0.3) is 5.69 Å². The SMILES string of the molecule is C[C@@H](c1ccc(-n2cncn2)cc1)N(C)C(=O)[C@H]1CCCN(C(=O)N2CCCC2)C1. The van der Waals surface area contributed by atoms with E-state index in [0.29, 0.717) is 6.54 Å². The summed E-state index contributed by atoms with van der Waals surface area (Å²) in [7, 11) is 1.86. The van der Waals surface area contributed by atoms with Crippen molar-refractivity contribution in [2.75, 3.05) is 33.2 Å². The molecule has 4 rings (SSSR count). The van der Waals surface area contributed by atoms with Gasteiger partial charge in [-0.15, -0.1) is 0 Å². The van der Waals surface area contributed by atoms with Crippen molar-refractivity contribution in [1.82, 2.24) is 29.5 Å². The molecule has 8 heteroatoms. The van der Waals surface area contributed by atoms with Gasteiger partial charge < -0.3 is 14.7 Å². The van der Waals surface area contributed by atoms with E-state index in [2.05, 4.69) is 10.1 Å². The van der Waals surface area contributed by atoms with E-state index in [-0.39, 0.29) is 23.9 Å². The third-order valence-electron chi connectivity index (χ3n) is 6.41. The molecule has 2 atom stereocenters. The molecule has 0 unspecified atom stereocenters. The Morgan fingerprint density at radius 3 is 2.43 bits per heavy atom. The number of rotatable bonds is 4. The third-order valence-corrected chi connectivity index (χ3v) is 6.41. The van der Waals surface area contributed by atoms with E-state index in [1.165, 1.54) is 6.33 Å². The summed E-state index contributed by atoms with van der Waals surface area (Å²) >= 11 is 0. The molecule has 2 aliphatic heterocycles. The number of benzene rings is 1. The molecule has 1 aromatic heterocycles. The van der Waals surface area contributed by atoms with Crippen molar-refractivity contribution in [2.45, 2.75) is 38.6 Å². The van der Waals surface area contributed by atoms with E-state index >= 15 is 0 Å². The average Bonchev–Trinajstić information content (AvgIpc) is 3.52. The minimum atomic E-state index is -0.132. The van der Waals surface area contributed by atoms with Crippen LogP contribution in [0.2, 0.25) is 0 Å². The number of nitrogens with zero attached hydrogens (tertiary/aromatic N) is 6. The zero-order chi connectivity index (χ0) is 21.1. The molecule has 0 bridgehead atoms. The highest BCUT2D eigenvalue weighted by Crippen LogP contribution is 2.26. The van der Waals surface area contributed by atoms with Crippen molar-refractivity contribution >= 4 is 11.9 Å². The maximum atomic E-state index is 13.2. The van der Waals surface area contributed by atoms with Gasteiger partial charge in [-0.3, -0.25) is 4.79 Å². The molecule has 2 aromatic rings. The van der Waals surface area contributed by atoms with Crippen LogP contribution in [0.4, 0.5) is 4.79 Å². The van der Waals surface area contributed by atoms with Crippen LogP contribution < -0.4 is 0 Å². The second-order valence-electron chi connectivity index (χ2n) is 8.32. The molecule has 2 fully saturated rings. The summed E-state index contributed by atoms with van der Waals surface area (Å²) in [6.45, 7) is 5.00.